The number of methoxy groups -OCH3 is 2. The van der Waals surface area contributed by atoms with E-state index < -0.39 is 0 Å². The molecule has 1 heterocycles. The van der Waals surface area contributed by atoms with Gasteiger partial charge in [0.1, 0.15) is 0 Å². The average Bonchev–Trinajstić information content (AvgIpc) is 2.67. The van der Waals surface area contributed by atoms with Gasteiger partial charge in [-0.3, -0.25) is 0 Å². The van der Waals surface area contributed by atoms with Crippen molar-refractivity contribution in [1.82, 2.24) is 10.2 Å². The van der Waals surface area contributed by atoms with Gasteiger partial charge in [0.2, 0.25) is 0 Å². The zero-order valence-electron chi connectivity index (χ0n) is 15.8. The Morgan fingerprint density at radius 2 is 1.81 bits per heavy atom. The van der Waals surface area contributed by atoms with Crippen LogP contribution in [0.5, 0.6) is 11.5 Å². The van der Waals surface area contributed by atoms with Gasteiger partial charge in [-0.1, -0.05) is 30.3 Å². The molecule has 0 saturated carbocycles. The van der Waals surface area contributed by atoms with Crippen LogP contribution >= 0.6 is 0 Å². The lowest BCUT2D eigenvalue weighted by molar-refractivity contribution is 0.171. The summed E-state index contributed by atoms with van der Waals surface area (Å²) in [4.78, 5) is 14.7. The fourth-order valence-corrected chi connectivity index (χ4v) is 3.52. The third-order valence-electron chi connectivity index (χ3n) is 5.09. The summed E-state index contributed by atoms with van der Waals surface area (Å²) in [5.41, 5.74) is 3.41. The third kappa shape index (κ3) is 3.47. The van der Waals surface area contributed by atoms with E-state index in [0.717, 1.165) is 23.3 Å². The van der Waals surface area contributed by atoms with E-state index in [1.54, 1.807) is 14.2 Å². The Morgan fingerprint density at radius 1 is 1.15 bits per heavy atom. The first-order valence-corrected chi connectivity index (χ1v) is 8.92. The molecule has 26 heavy (non-hydrogen) atoms. The largest absolute Gasteiger partial charge is 0.493 e. The molecule has 2 amide bonds. The third-order valence-corrected chi connectivity index (χ3v) is 5.09. The molecule has 0 aromatic heterocycles. The second kappa shape index (κ2) is 7.68. The molecule has 2 aromatic rings. The standard InChI is InChI=1S/C21H26N2O3/c1-14(16-8-6-5-7-9-16)22-21(24)23-11-10-17-12-19(25-3)20(26-4)13-18(17)15(23)2/h5-9,12-15H,10-11H2,1-4H3,(H,22,24)/t14-,15-/m1/s1. The molecule has 1 aliphatic heterocycles. The minimum absolute atomic E-state index is 0.0264. The monoisotopic (exact) mass is 354 g/mol. The zero-order chi connectivity index (χ0) is 18.7. The van der Waals surface area contributed by atoms with Crippen LogP contribution in [-0.4, -0.2) is 31.7 Å². The van der Waals surface area contributed by atoms with Crippen LogP contribution in [0.3, 0.4) is 0 Å². The SMILES string of the molecule is COc1cc2c(cc1OC)[C@@H](C)N(C(=O)N[C@H](C)c1ccccc1)CC2. The minimum Gasteiger partial charge on any atom is -0.493 e. The van der Waals surface area contributed by atoms with Crippen molar-refractivity contribution in [2.24, 2.45) is 0 Å². The molecule has 0 fully saturated rings. The molecule has 0 radical (unpaired) electrons. The molecule has 5 heteroatoms. The summed E-state index contributed by atoms with van der Waals surface area (Å²) in [6.45, 7) is 4.73. The quantitative estimate of drug-likeness (QED) is 0.899. The molecule has 5 nitrogen and oxygen atoms in total. The van der Waals surface area contributed by atoms with Crippen LogP contribution in [-0.2, 0) is 6.42 Å². The van der Waals surface area contributed by atoms with Crippen LogP contribution in [0.2, 0.25) is 0 Å². The second-order valence-corrected chi connectivity index (χ2v) is 6.61. The van der Waals surface area contributed by atoms with Gasteiger partial charge in [-0.05, 0) is 49.1 Å². The molecule has 3 rings (SSSR count). The summed E-state index contributed by atoms with van der Waals surface area (Å²) < 4.78 is 10.8. The summed E-state index contributed by atoms with van der Waals surface area (Å²) in [5, 5.41) is 3.11. The molecule has 0 saturated heterocycles. The van der Waals surface area contributed by atoms with Crippen LogP contribution in [0, 0.1) is 0 Å². The number of nitrogens with one attached hydrogen (secondary N) is 1. The molecule has 1 aliphatic rings. The molecule has 1 N–H and O–H groups in total. The number of carbonyl (C=O) groups is 1. The maximum Gasteiger partial charge on any atom is 0.318 e. The summed E-state index contributed by atoms with van der Waals surface area (Å²) in [6, 6.07) is 13.9. The Bertz CT molecular complexity index is 776. The average molecular weight is 354 g/mol. The van der Waals surface area contributed by atoms with E-state index in [9.17, 15) is 4.79 Å². The number of hydrogen-bond donors (Lipinski definition) is 1. The molecule has 0 bridgehead atoms. The Balaban J connectivity index is 1.78. The van der Waals surface area contributed by atoms with E-state index in [0.29, 0.717) is 12.3 Å². The van der Waals surface area contributed by atoms with Gasteiger partial charge in [0.25, 0.3) is 0 Å². The molecular weight excluding hydrogens is 328 g/mol. The number of ether oxygens (including phenoxy) is 2. The first kappa shape index (κ1) is 18.1. The normalized spacial score (nSPS) is 17.2. The molecule has 2 atom stereocenters. The van der Waals surface area contributed by atoms with E-state index in [2.05, 4.69) is 12.2 Å². The van der Waals surface area contributed by atoms with Gasteiger partial charge < -0.3 is 19.7 Å². The predicted molar refractivity (Wildman–Crippen MR) is 102 cm³/mol. The maximum atomic E-state index is 12.8. The Hall–Kier alpha value is -2.69. The smallest absolute Gasteiger partial charge is 0.318 e. The Labute approximate surface area is 154 Å². The van der Waals surface area contributed by atoms with Crippen LogP contribution in [0.1, 0.15) is 42.6 Å². The number of urea groups is 1. The first-order chi connectivity index (χ1) is 12.5. The highest BCUT2D eigenvalue weighted by Crippen LogP contribution is 2.37. The molecule has 0 spiro atoms. The van der Waals surface area contributed by atoms with Gasteiger partial charge in [-0.2, -0.15) is 0 Å². The second-order valence-electron chi connectivity index (χ2n) is 6.61. The van der Waals surface area contributed by atoms with Crippen molar-refractivity contribution < 1.29 is 14.3 Å². The molecule has 0 unspecified atom stereocenters. The van der Waals surface area contributed by atoms with E-state index in [1.807, 2.05) is 54.3 Å². The maximum absolute atomic E-state index is 12.8. The fourth-order valence-electron chi connectivity index (χ4n) is 3.52. The zero-order valence-corrected chi connectivity index (χ0v) is 15.8. The number of hydrogen-bond acceptors (Lipinski definition) is 3. The van der Waals surface area contributed by atoms with Gasteiger partial charge in [0.15, 0.2) is 11.5 Å². The van der Waals surface area contributed by atoms with Gasteiger partial charge in [-0.15, -0.1) is 0 Å². The summed E-state index contributed by atoms with van der Waals surface area (Å²) in [5.74, 6) is 1.42. The van der Waals surface area contributed by atoms with Crippen molar-refractivity contribution in [3.8, 4) is 11.5 Å². The van der Waals surface area contributed by atoms with Gasteiger partial charge in [-0.25, -0.2) is 4.79 Å². The van der Waals surface area contributed by atoms with E-state index in [4.69, 9.17) is 9.47 Å². The molecule has 0 aliphatic carbocycles. The van der Waals surface area contributed by atoms with Gasteiger partial charge in [0.05, 0.1) is 26.3 Å². The van der Waals surface area contributed by atoms with E-state index >= 15 is 0 Å². The number of fused-ring (bicyclic) bond motifs is 1. The minimum atomic E-state index is -0.0470. The van der Waals surface area contributed by atoms with Crippen LogP contribution < -0.4 is 14.8 Å². The van der Waals surface area contributed by atoms with E-state index in [-0.39, 0.29) is 18.1 Å². The van der Waals surface area contributed by atoms with Crippen molar-refractivity contribution in [1.29, 1.82) is 0 Å². The van der Waals surface area contributed by atoms with Crippen LogP contribution in [0.4, 0.5) is 4.79 Å². The van der Waals surface area contributed by atoms with Gasteiger partial charge in [0, 0.05) is 6.54 Å². The lowest BCUT2D eigenvalue weighted by atomic mass is 9.93. The number of carbonyl (C=O) groups excluding carboxylic acids is 1. The number of nitrogens with zero attached hydrogens (tertiary/aromatic N) is 1. The predicted octanol–water partition coefficient (Wildman–Crippen LogP) is 4.09. The van der Waals surface area contributed by atoms with Crippen molar-refractivity contribution >= 4 is 6.03 Å². The van der Waals surface area contributed by atoms with Crippen LogP contribution in [0.15, 0.2) is 42.5 Å². The highest BCUT2D eigenvalue weighted by molar-refractivity contribution is 5.76. The fraction of sp³-hybridized carbons (Fsp3) is 0.381. The summed E-state index contributed by atoms with van der Waals surface area (Å²) in [7, 11) is 3.27. The first-order valence-electron chi connectivity index (χ1n) is 8.92. The number of amides is 2. The van der Waals surface area contributed by atoms with Gasteiger partial charge >= 0.3 is 6.03 Å². The highest BCUT2D eigenvalue weighted by Gasteiger charge is 2.29. The summed E-state index contributed by atoms with van der Waals surface area (Å²) in [6.07, 6.45) is 0.799. The molecule has 138 valence electrons. The molecular formula is C21H26N2O3. The van der Waals surface area contributed by atoms with Crippen LogP contribution in [0.25, 0.3) is 0 Å². The lowest BCUT2D eigenvalue weighted by Crippen LogP contribution is -2.45. The number of benzene rings is 2. The van der Waals surface area contributed by atoms with Crippen molar-refractivity contribution in [2.75, 3.05) is 20.8 Å². The summed E-state index contributed by atoms with van der Waals surface area (Å²) >= 11 is 0. The van der Waals surface area contributed by atoms with Crippen molar-refractivity contribution in [2.45, 2.75) is 32.4 Å². The van der Waals surface area contributed by atoms with Crippen molar-refractivity contribution in [3.63, 3.8) is 0 Å². The van der Waals surface area contributed by atoms with E-state index in [1.165, 1.54) is 5.56 Å². The number of rotatable bonds is 4. The lowest BCUT2D eigenvalue weighted by Gasteiger charge is -2.36. The van der Waals surface area contributed by atoms with Crippen molar-refractivity contribution in [3.05, 3.63) is 59.2 Å². The topological polar surface area (TPSA) is 50.8 Å². The Kier molecular flexibility index (Phi) is 5.35. The Morgan fingerprint density at radius 3 is 2.46 bits per heavy atom. The molecule has 2 aromatic carbocycles. The highest BCUT2D eigenvalue weighted by atomic mass is 16.5.